The number of amides is 4. The summed E-state index contributed by atoms with van der Waals surface area (Å²) in [5, 5.41) is 11.1. The van der Waals surface area contributed by atoms with E-state index in [1.807, 2.05) is 49.1 Å². The Bertz CT molecular complexity index is 2430. The summed E-state index contributed by atoms with van der Waals surface area (Å²) in [5.41, 5.74) is 0.186. The maximum Gasteiger partial charge on any atom is 0.336 e. The zero-order chi connectivity index (χ0) is 47.3. The molecule has 5 rings (SSSR count). The van der Waals surface area contributed by atoms with Gasteiger partial charge in [-0.15, -0.1) is 0 Å². The van der Waals surface area contributed by atoms with E-state index in [0.29, 0.717) is 38.3 Å². The molecule has 18 heteroatoms. The van der Waals surface area contributed by atoms with E-state index in [2.05, 4.69) is 21.3 Å². The van der Waals surface area contributed by atoms with Crippen molar-refractivity contribution < 1.29 is 49.7 Å². The van der Waals surface area contributed by atoms with Crippen LogP contribution in [-0.2, 0) is 46.9 Å². The van der Waals surface area contributed by atoms with Gasteiger partial charge in [-0.05, 0) is 67.2 Å². The van der Waals surface area contributed by atoms with Gasteiger partial charge in [-0.1, -0.05) is 88.4 Å². The van der Waals surface area contributed by atoms with E-state index in [1.54, 1.807) is 44.2 Å². The van der Waals surface area contributed by atoms with Crippen LogP contribution in [0.4, 0.5) is 8.78 Å². The number of rotatable bonds is 22. The molecule has 1 aliphatic heterocycles. The highest BCUT2D eigenvalue weighted by Gasteiger charge is 2.33. The SMILES string of the molecule is Cc1cc(=O)oc2c(F)c(OS(=O)(=O)C[C@H](CC(C)C)NC(=O)[C@H](Cc3ccccc3)NC(=O)[C@H](CC(C)C)NC(=O)[C@H](CCc3ccccc3)NC(=O)CN3CCOCC3)c(F)cc12. The van der Waals surface area contributed by atoms with Crippen LogP contribution < -0.4 is 31.1 Å². The topological polar surface area (TPSA) is 202 Å². The number of ether oxygens (including phenoxy) is 1. The number of morpholine rings is 1. The molecule has 2 heterocycles. The van der Waals surface area contributed by atoms with Crippen LogP contribution in [0.3, 0.4) is 0 Å². The standard InChI is InChI=1S/C47H59F2N5O10S/c1-29(2)22-34(28-65(60,61)64-44-36(48)26-35-31(5)24-41(56)63-43(35)42(44)49)50-46(58)39(25-33-14-10-7-11-15-33)53-47(59)38(23-30(3)4)52-45(57)37(17-16-32-12-8-6-9-13-32)51-40(55)27-54-18-20-62-21-19-54/h6-15,24,26,29-30,34,37-39H,16-23,25,27-28H2,1-5H3,(H,50,58)(H,51,55)(H,52,57)(H,53,59)/t34-,37-,38-,39-/m0/s1. The van der Waals surface area contributed by atoms with Crippen molar-refractivity contribution >= 4 is 44.7 Å². The van der Waals surface area contributed by atoms with Crippen LogP contribution in [0, 0.1) is 30.4 Å². The lowest BCUT2D eigenvalue weighted by Crippen LogP contribution is -2.58. The van der Waals surface area contributed by atoms with E-state index >= 15 is 8.78 Å². The summed E-state index contributed by atoms with van der Waals surface area (Å²) in [5.74, 6) is -7.81. The summed E-state index contributed by atoms with van der Waals surface area (Å²) in [4.78, 5) is 69.8. The third-order valence-electron chi connectivity index (χ3n) is 10.8. The van der Waals surface area contributed by atoms with Crippen molar-refractivity contribution in [2.45, 2.75) is 90.9 Å². The van der Waals surface area contributed by atoms with E-state index < -0.39 is 86.4 Å². The Morgan fingerprint density at radius 2 is 1.35 bits per heavy atom. The molecule has 0 aliphatic carbocycles. The molecule has 4 N–H and O–H groups in total. The normalized spacial score (nSPS) is 15.2. The first-order valence-corrected chi connectivity index (χ1v) is 23.4. The van der Waals surface area contributed by atoms with Gasteiger partial charge in [0.2, 0.25) is 35.2 Å². The van der Waals surface area contributed by atoms with Crippen LogP contribution in [0.15, 0.2) is 82.0 Å². The highest BCUT2D eigenvalue weighted by atomic mass is 32.2. The smallest absolute Gasteiger partial charge is 0.336 e. The number of halogens is 2. The molecule has 4 atom stereocenters. The highest BCUT2D eigenvalue weighted by Crippen LogP contribution is 2.32. The first-order chi connectivity index (χ1) is 30.9. The zero-order valence-electron chi connectivity index (χ0n) is 37.4. The summed E-state index contributed by atoms with van der Waals surface area (Å²) in [7, 11) is -4.84. The van der Waals surface area contributed by atoms with Crippen molar-refractivity contribution in [2.24, 2.45) is 11.8 Å². The third kappa shape index (κ3) is 15.5. The average Bonchev–Trinajstić information content (AvgIpc) is 3.24. The maximum atomic E-state index is 15.5. The summed E-state index contributed by atoms with van der Waals surface area (Å²) in [6.07, 6.45) is 0.901. The fraction of sp³-hybridized carbons (Fsp3) is 0.468. The minimum Gasteiger partial charge on any atom is -0.419 e. The molecule has 15 nitrogen and oxygen atoms in total. The van der Waals surface area contributed by atoms with Crippen molar-refractivity contribution in [3.05, 3.63) is 112 Å². The summed E-state index contributed by atoms with van der Waals surface area (Å²) >= 11 is 0. The Balaban J connectivity index is 1.35. The van der Waals surface area contributed by atoms with Gasteiger partial charge >= 0.3 is 15.7 Å². The molecule has 1 aromatic heterocycles. The first-order valence-electron chi connectivity index (χ1n) is 21.8. The average molecular weight is 924 g/mol. The highest BCUT2D eigenvalue weighted by molar-refractivity contribution is 7.87. The molecule has 0 saturated carbocycles. The number of nitrogens with one attached hydrogen (secondary N) is 4. The molecule has 3 aromatic carbocycles. The molecule has 0 bridgehead atoms. The van der Waals surface area contributed by atoms with Crippen LogP contribution in [0.5, 0.6) is 5.75 Å². The van der Waals surface area contributed by atoms with Gasteiger partial charge in [-0.3, -0.25) is 24.1 Å². The summed E-state index contributed by atoms with van der Waals surface area (Å²) in [6, 6.07) is 15.4. The predicted molar refractivity (Wildman–Crippen MR) is 240 cm³/mol. The molecule has 0 radical (unpaired) electrons. The van der Waals surface area contributed by atoms with Crippen molar-refractivity contribution in [3.8, 4) is 5.75 Å². The summed E-state index contributed by atoms with van der Waals surface area (Å²) < 4.78 is 72.9. The minimum absolute atomic E-state index is 0.0339. The van der Waals surface area contributed by atoms with Crippen molar-refractivity contribution in [1.82, 2.24) is 26.2 Å². The lowest BCUT2D eigenvalue weighted by molar-refractivity contribution is -0.134. The van der Waals surface area contributed by atoms with E-state index in [1.165, 1.54) is 6.92 Å². The molecule has 0 spiro atoms. The van der Waals surface area contributed by atoms with Gasteiger partial charge in [0.25, 0.3) is 0 Å². The lowest BCUT2D eigenvalue weighted by Gasteiger charge is -2.29. The largest absolute Gasteiger partial charge is 0.419 e. The molecule has 1 aliphatic rings. The second-order valence-electron chi connectivity index (χ2n) is 17.2. The van der Waals surface area contributed by atoms with E-state index in [4.69, 9.17) is 13.3 Å². The minimum atomic E-state index is -4.84. The monoisotopic (exact) mass is 923 g/mol. The van der Waals surface area contributed by atoms with Crippen molar-refractivity contribution in [2.75, 3.05) is 38.6 Å². The number of nitrogens with zero attached hydrogens (tertiary/aromatic N) is 1. The third-order valence-corrected chi connectivity index (χ3v) is 12.0. The number of carbonyl (C=O) groups is 4. The fourth-order valence-electron chi connectivity index (χ4n) is 7.62. The molecular weight excluding hydrogens is 865 g/mol. The van der Waals surface area contributed by atoms with Gasteiger partial charge in [-0.2, -0.15) is 12.8 Å². The van der Waals surface area contributed by atoms with Crippen molar-refractivity contribution in [3.63, 3.8) is 0 Å². The van der Waals surface area contributed by atoms with Crippen LogP contribution in [0.25, 0.3) is 11.0 Å². The van der Waals surface area contributed by atoms with Crippen LogP contribution >= 0.6 is 0 Å². The maximum absolute atomic E-state index is 15.5. The number of hydrogen-bond donors (Lipinski definition) is 4. The first kappa shape index (κ1) is 50.3. The van der Waals surface area contributed by atoms with Gasteiger partial charge < -0.3 is 34.6 Å². The second kappa shape index (κ2) is 23.5. The number of fused-ring (bicyclic) bond motifs is 1. The van der Waals surface area contributed by atoms with Gasteiger partial charge in [-0.25, -0.2) is 9.18 Å². The quantitative estimate of drug-likeness (QED) is 0.0646. The molecule has 1 fully saturated rings. The lowest BCUT2D eigenvalue weighted by atomic mass is 9.99. The van der Waals surface area contributed by atoms with E-state index in [-0.39, 0.29) is 60.9 Å². The van der Waals surface area contributed by atoms with Gasteiger partial charge in [0.1, 0.15) is 23.9 Å². The van der Waals surface area contributed by atoms with Crippen LogP contribution in [0.2, 0.25) is 0 Å². The predicted octanol–water partition coefficient (Wildman–Crippen LogP) is 4.33. The van der Waals surface area contributed by atoms with Gasteiger partial charge in [0, 0.05) is 37.0 Å². The Hall–Kier alpha value is -5.72. The van der Waals surface area contributed by atoms with E-state index in [0.717, 1.165) is 17.7 Å². The Morgan fingerprint density at radius 3 is 1.98 bits per heavy atom. The Morgan fingerprint density at radius 1 is 0.769 bits per heavy atom. The number of aryl methyl sites for hydroxylation is 2. The molecule has 1 saturated heterocycles. The van der Waals surface area contributed by atoms with Gasteiger partial charge in [0.05, 0.1) is 19.8 Å². The molecule has 65 heavy (non-hydrogen) atoms. The number of carbonyl (C=O) groups excluding carboxylic acids is 4. The zero-order valence-corrected chi connectivity index (χ0v) is 38.2. The van der Waals surface area contributed by atoms with E-state index in [9.17, 15) is 32.4 Å². The molecule has 4 aromatic rings. The molecular formula is C47H59F2N5O10S. The van der Waals surface area contributed by atoms with Gasteiger partial charge in [0.15, 0.2) is 11.4 Å². The molecule has 4 amide bonds. The van der Waals surface area contributed by atoms with Crippen LogP contribution in [0.1, 0.15) is 63.6 Å². The Kier molecular flexibility index (Phi) is 18.1. The number of hydrogen-bond acceptors (Lipinski definition) is 11. The second-order valence-corrected chi connectivity index (χ2v) is 18.9. The van der Waals surface area contributed by atoms with Crippen molar-refractivity contribution in [1.29, 1.82) is 0 Å². The summed E-state index contributed by atoms with van der Waals surface area (Å²) in [6.45, 7) is 10.9. The number of benzene rings is 3. The van der Waals surface area contributed by atoms with Crippen LogP contribution in [-0.4, -0.2) is 99.7 Å². The Labute approximate surface area is 378 Å². The molecule has 352 valence electrons. The molecule has 0 unspecified atom stereocenters. The fourth-order valence-corrected chi connectivity index (χ4v) is 8.80.